The van der Waals surface area contributed by atoms with Crippen LogP contribution in [0.15, 0.2) is 24.3 Å². The summed E-state index contributed by atoms with van der Waals surface area (Å²) < 4.78 is 12.9. The second-order valence-corrected chi connectivity index (χ2v) is 12.3. The van der Waals surface area contributed by atoms with Crippen LogP contribution in [0.4, 0.5) is 0 Å². The molecular formula is C37H64N4O2. The molecule has 6 heteroatoms. The number of ether oxygens (including phenoxy) is 2. The van der Waals surface area contributed by atoms with Crippen molar-refractivity contribution in [1.82, 2.24) is 21.3 Å². The minimum absolute atomic E-state index is 0.218. The van der Waals surface area contributed by atoms with Crippen molar-refractivity contribution in [3.8, 4) is 11.5 Å². The van der Waals surface area contributed by atoms with E-state index < -0.39 is 0 Å². The van der Waals surface area contributed by atoms with Gasteiger partial charge in [0, 0.05) is 53.8 Å². The van der Waals surface area contributed by atoms with E-state index in [9.17, 15) is 0 Å². The van der Waals surface area contributed by atoms with Gasteiger partial charge in [-0.25, -0.2) is 0 Å². The highest BCUT2D eigenvalue weighted by atomic mass is 16.5. The zero-order valence-electron chi connectivity index (χ0n) is 28.9. The second kappa shape index (κ2) is 20.8. The summed E-state index contributed by atoms with van der Waals surface area (Å²) in [5.41, 5.74) is 7.42. The average Bonchev–Trinajstić information content (AvgIpc) is 3.00. The predicted octanol–water partition coefficient (Wildman–Crippen LogP) is 7.59. The van der Waals surface area contributed by atoms with Crippen molar-refractivity contribution in [2.75, 3.05) is 39.4 Å². The van der Waals surface area contributed by atoms with E-state index in [-0.39, 0.29) is 5.41 Å². The molecule has 0 bridgehead atoms. The van der Waals surface area contributed by atoms with Crippen LogP contribution in [-0.4, -0.2) is 39.4 Å². The number of hydrogen-bond acceptors (Lipinski definition) is 6. The Hall–Kier alpha value is -2.12. The van der Waals surface area contributed by atoms with Gasteiger partial charge in [-0.3, -0.25) is 0 Å². The Morgan fingerprint density at radius 2 is 0.744 bits per heavy atom. The highest BCUT2D eigenvalue weighted by Crippen LogP contribution is 2.39. The van der Waals surface area contributed by atoms with Crippen molar-refractivity contribution in [2.24, 2.45) is 0 Å². The minimum Gasteiger partial charge on any atom is -0.493 e. The van der Waals surface area contributed by atoms with Gasteiger partial charge in [0.15, 0.2) is 0 Å². The van der Waals surface area contributed by atoms with Gasteiger partial charge in [-0.2, -0.15) is 0 Å². The van der Waals surface area contributed by atoms with E-state index in [4.69, 9.17) is 9.47 Å². The summed E-state index contributed by atoms with van der Waals surface area (Å²) in [5, 5.41) is 14.6. The molecular weight excluding hydrogens is 532 g/mol. The molecule has 0 heterocycles. The van der Waals surface area contributed by atoms with Crippen LogP contribution in [0, 0.1) is 0 Å². The van der Waals surface area contributed by atoms with Crippen LogP contribution in [-0.2, 0) is 31.6 Å². The minimum atomic E-state index is -0.218. The van der Waals surface area contributed by atoms with Crippen LogP contribution < -0.4 is 30.7 Å². The number of rotatable bonds is 24. The molecule has 244 valence electrons. The maximum atomic E-state index is 6.44. The molecule has 0 unspecified atom stereocenters. The lowest BCUT2D eigenvalue weighted by atomic mass is 9.75. The molecule has 43 heavy (non-hydrogen) atoms. The van der Waals surface area contributed by atoms with Crippen molar-refractivity contribution in [2.45, 2.75) is 126 Å². The third kappa shape index (κ3) is 11.7. The summed E-state index contributed by atoms with van der Waals surface area (Å²) in [6.07, 6.45) is 6.42. The molecule has 2 rings (SSSR count). The van der Waals surface area contributed by atoms with Crippen LogP contribution in [0.3, 0.4) is 0 Å². The van der Waals surface area contributed by atoms with Crippen molar-refractivity contribution >= 4 is 0 Å². The number of benzene rings is 2. The molecule has 4 N–H and O–H groups in total. The molecule has 0 amide bonds. The second-order valence-electron chi connectivity index (χ2n) is 12.3. The topological polar surface area (TPSA) is 66.6 Å². The standard InChI is InChI=1S/C37H64N4O2/c1-9-15-38-25-29-21-33(22-30(26-39-16-10-2)35(29)42-19-13-5)37(7,8)34-23-31(27-40-17-11-3)36(43-20-14-6)32(24-34)28-41-18-12-4/h21-24,38-41H,9-20,25-28H2,1-8H3. The quantitative estimate of drug-likeness (QED) is 0.0937. The van der Waals surface area contributed by atoms with Crippen molar-refractivity contribution in [1.29, 1.82) is 0 Å². The van der Waals surface area contributed by atoms with E-state index in [0.717, 1.165) is 116 Å². The predicted molar refractivity (Wildman–Crippen MR) is 185 cm³/mol. The molecule has 6 nitrogen and oxygen atoms in total. The molecule has 0 radical (unpaired) electrons. The molecule has 0 aliphatic carbocycles. The van der Waals surface area contributed by atoms with Gasteiger partial charge >= 0.3 is 0 Å². The van der Waals surface area contributed by atoms with Gasteiger partial charge < -0.3 is 30.7 Å². The molecule has 0 spiro atoms. The molecule has 0 saturated heterocycles. The summed E-state index contributed by atoms with van der Waals surface area (Å²) in [6, 6.07) is 9.57. The van der Waals surface area contributed by atoms with E-state index in [2.05, 4.69) is 101 Å². The fourth-order valence-corrected chi connectivity index (χ4v) is 5.30. The van der Waals surface area contributed by atoms with Gasteiger partial charge in [-0.05, 0) is 100 Å². The zero-order chi connectivity index (χ0) is 31.5. The lowest BCUT2D eigenvalue weighted by Gasteiger charge is -2.31. The maximum absolute atomic E-state index is 6.44. The normalized spacial score (nSPS) is 11.7. The van der Waals surface area contributed by atoms with Crippen molar-refractivity contribution in [3.63, 3.8) is 0 Å². The molecule has 2 aromatic rings. The van der Waals surface area contributed by atoms with Crippen LogP contribution in [0.25, 0.3) is 0 Å². The molecule has 0 atom stereocenters. The van der Waals surface area contributed by atoms with Crippen LogP contribution >= 0.6 is 0 Å². The fraction of sp³-hybridized carbons (Fsp3) is 0.676. The fourth-order valence-electron chi connectivity index (χ4n) is 5.30. The van der Waals surface area contributed by atoms with Gasteiger partial charge in [0.25, 0.3) is 0 Å². The molecule has 0 saturated carbocycles. The van der Waals surface area contributed by atoms with Crippen LogP contribution in [0.1, 0.15) is 127 Å². The maximum Gasteiger partial charge on any atom is 0.128 e. The Labute approximate surface area is 264 Å². The van der Waals surface area contributed by atoms with Crippen molar-refractivity contribution in [3.05, 3.63) is 57.6 Å². The summed E-state index contributed by atoms with van der Waals surface area (Å²) in [5.74, 6) is 2.09. The summed E-state index contributed by atoms with van der Waals surface area (Å²) >= 11 is 0. The molecule has 0 aliphatic heterocycles. The molecule has 0 aromatic heterocycles. The molecule has 2 aromatic carbocycles. The SMILES string of the molecule is CCCNCc1cc(C(C)(C)c2cc(CNCCC)c(OCCC)c(CNCCC)c2)cc(CNCCC)c1OCCC. The lowest BCUT2D eigenvalue weighted by Crippen LogP contribution is -2.25. The van der Waals surface area contributed by atoms with E-state index in [1.165, 1.54) is 33.4 Å². The van der Waals surface area contributed by atoms with E-state index >= 15 is 0 Å². The Balaban J connectivity index is 2.70. The van der Waals surface area contributed by atoms with Gasteiger partial charge in [0.2, 0.25) is 0 Å². The lowest BCUT2D eigenvalue weighted by molar-refractivity contribution is 0.308. The average molecular weight is 597 g/mol. The third-order valence-corrected chi connectivity index (χ3v) is 7.80. The van der Waals surface area contributed by atoms with Gasteiger partial charge in [-0.15, -0.1) is 0 Å². The summed E-state index contributed by atoms with van der Waals surface area (Å²) in [6.45, 7) is 26.6. The van der Waals surface area contributed by atoms with E-state index in [0.29, 0.717) is 0 Å². The first-order valence-electron chi connectivity index (χ1n) is 17.3. The smallest absolute Gasteiger partial charge is 0.128 e. The number of hydrogen-bond donors (Lipinski definition) is 4. The highest BCUT2D eigenvalue weighted by Gasteiger charge is 2.28. The summed E-state index contributed by atoms with van der Waals surface area (Å²) in [7, 11) is 0. The van der Waals surface area contributed by atoms with Crippen LogP contribution in [0.5, 0.6) is 11.5 Å². The Morgan fingerprint density at radius 1 is 0.465 bits per heavy atom. The van der Waals surface area contributed by atoms with Crippen molar-refractivity contribution < 1.29 is 9.47 Å². The first-order chi connectivity index (χ1) is 20.9. The van der Waals surface area contributed by atoms with Gasteiger partial charge in [0.1, 0.15) is 11.5 Å². The first-order valence-corrected chi connectivity index (χ1v) is 17.3. The Morgan fingerprint density at radius 3 is 0.977 bits per heavy atom. The Kier molecular flexibility index (Phi) is 17.9. The zero-order valence-corrected chi connectivity index (χ0v) is 28.9. The van der Waals surface area contributed by atoms with Gasteiger partial charge in [0.05, 0.1) is 13.2 Å². The number of nitrogens with one attached hydrogen (secondary N) is 4. The Bertz CT molecular complexity index is 909. The van der Waals surface area contributed by atoms with E-state index in [1.54, 1.807) is 0 Å². The largest absolute Gasteiger partial charge is 0.493 e. The molecule has 0 fully saturated rings. The third-order valence-electron chi connectivity index (χ3n) is 7.80. The summed E-state index contributed by atoms with van der Waals surface area (Å²) in [4.78, 5) is 0. The van der Waals surface area contributed by atoms with Crippen LogP contribution in [0.2, 0.25) is 0 Å². The van der Waals surface area contributed by atoms with Gasteiger partial charge in [-0.1, -0.05) is 55.4 Å². The highest BCUT2D eigenvalue weighted by molar-refractivity contribution is 5.53. The monoisotopic (exact) mass is 597 g/mol. The van der Waals surface area contributed by atoms with E-state index in [1.807, 2.05) is 0 Å². The molecule has 0 aliphatic rings. The first kappa shape index (κ1) is 37.1.